The van der Waals surface area contributed by atoms with Crippen LogP contribution in [-0.2, 0) is 4.79 Å². The van der Waals surface area contributed by atoms with Gasteiger partial charge in [0, 0.05) is 16.5 Å². The SMILES string of the molecule is O=C(O)C=Cc1ccc(Cl)c2ccccc12. The maximum absolute atomic E-state index is 10.5. The molecule has 0 aliphatic carbocycles. The summed E-state index contributed by atoms with van der Waals surface area (Å²) in [6.07, 6.45) is 2.69. The van der Waals surface area contributed by atoms with E-state index in [1.165, 1.54) is 0 Å². The molecule has 0 unspecified atom stereocenters. The second kappa shape index (κ2) is 4.37. The topological polar surface area (TPSA) is 37.3 Å². The molecule has 0 spiro atoms. The van der Waals surface area contributed by atoms with Crippen molar-refractivity contribution in [3.8, 4) is 0 Å². The monoisotopic (exact) mass is 232 g/mol. The maximum Gasteiger partial charge on any atom is 0.328 e. The van der Waals surface area contributed by atoms with Crippen molar-refractivity contribution in [2.45, 2.75) is 0 Å². The summed E-state index contributed by atoms with van der Waals surface area (Å²) in [5.74, 6) is -0.959. The van der Waals surface area contributed by atoms with E-state index in [2.05, 4.69) is 0 Å². The van der Waals surface area contributed by atoms with Crippen LogP contribution in [0.15, 0.2) is 42.5 Å². The van der Waals surface area contributed by atoms with Crippen LogP contribution in [-0.4, -0.2) is 11.1 Å². The normalized spacial score (nSPS) is 11.1. The molecule has 2 aromatic carbocycles. The lowest BCUT2D eigenvalue weighted by Gasteiger charge is -2.03. The summed E-state index contributed by atoms with van der Waals surface area (Å²) >= 11 is 6.05. The molecule has 0 atom stereocenters. The Balaban J connectivity index is 2.63. The first-order chi connectivity index (χ1) is 7.68. The van der Waals surface area contributed by atoms with Crippen LogP contribution in [0.5, 0.6) is 0 Å². The Morgan fingerprint density at radius 3 is 2.50 bits per heavy atom. The first-order valence-electron chi connectivity index (χ1n) is 4.77. The smallest absolute Gasteiger partial charge is 0.328 e. The fourth-order valence-electron chi connectivity index (χ4n) is 1.59. The van der Waals surface area contributed by atoms with Crippen molar-refractivity contribution >= 4 is 34.4 Å². The number of halogens is 1. The molecule has 0 aliphatic rings. The molecule has 0 heterocycles. The molecule has 2 aromatic rings. The van der Waals surface area contributed by atoms with Gasteiger partial charge in [0.2, 0.25) is 0 Å². The quantitative estimate of drug-likeness (QED) is 0.804. The average molecular weight is 233 g/mol. The van der Waals surface area contributed by atoms with Gasteiger partial charge in [0.25, 0.3) is 0 Å². The van der Waals surface area contributed by atoms with Crippen LogP contribution >= 0.6 is 11.6 Å². The molecule has 3 heteroatoms. The van der Waals surface area contributed by atoms with Gasteiger partial charge in [-0.1, -0.05) is 41.9 Å². The predicted molar refractivity (Wildman–Crippen MR) is 65.6 cm³/mol. The van der Waals surface area contributed by atoms with E-state index >= 15 is 0 Å². The van der Waals surface area contributed by atoms with Crippen LogP contribution < -0.4 is 0 Å². The Bertz CT molecular complexity index is 573. The van der Waals surface area contributed by atoms with Gasteiger partial charge in [-0.2, -0.15) is 0 Å². The van der Waals surface area contributed by atoms with E-state index in [-0.39, 0.29) is 0 Å². The summed E-state index contributed by atoms with van der Waals surface area (Å²) in [4.78, 5) is 10.5. The van der Waals surface area contributed by atoms with Gasteiger partial charge in [0.15, 0.2) is 0 Å². The number of carboxylic acids is 1. The third-order valence-electron chi connectivity index (χ3n) is 2.31. The number of fused-ring (bicyclic) bond motifs is 1. The Hall–Kier alpha value is -1.80. The van der Waals surface area contributed by atoms with Crippen LogP contribution in [0.3, 0.4) is 0 Å². The largest absolute Gasteiger partial charge is 0.478 e. The standard InChI is InChI=1S/C13H9ClO2/c14-12-7-5-9(6-8-13(15)16)10-3-1-2-4-11(10)12/h1-8H,(H,15,16). The Morgan fingerprint density at radius 2 is 1.81 bits per heavy atom. The molecule has 1 N–H and O–H groups in total. The van der Waals surface area contributed by atoms with Crippen molar-refractivity contribution in [2.75, 3.05) is 0 Å². The van der Waals surface area contributed by atoms with Gasteiger partial charge < -0.3 is 5.11 Å². The molecular formula is C13H9ClO2. The van der Waals surface area contributed by atoms with Gasteiger partial charge in [0.05, 0.1) is 0 Å². The molecule has 80 valence electrons. The molecule has 0 bridgehead atoms. The fraction of sp³-hybridized carbons (Fsp3) is 0. The molecular weight excluding hydrogens is 224 g/mol. The highest BCUT2D eigenvalue weighted by Gasteiger charge is 2.01. The van der Waals surface area contributed by atoms with Crippen molar-refractivity contribution < 1.29 is 9.90 Å². The summed E-state index contributed by atoms with van der Waals surface area (Å²) < 4.78 is 0. The number of benzene rings is 2. The van der Waals surface area contributed by atoms with E-state index in [1.54, 1.807) is 12.1 Å². The Labute approximate surface area is 97.8 Å². The van der Waals surface area contributed by atoms with Gasteiger partial charge in [-0.15, -0.1) is 0 Å². The Kier molecular flexibility index (Phi) is 2.93. The van der Waals surface area contributed by atoms with Gasteiger partial charge in [-0.05, 0) is 23.1 Å². The molecule has 16 heavy (non-hydrogen) atoms. The number of carboxylic acid groups (broad SMARTS) is 1. The second-order valence-corrected chi connectivity index (χ2v) is 3.76. The number of hydrogen-bond donors (Lipinski definition) is 1. The molecule has 2 rings (SSSR count). The first-order valence-corrected chi connectivity index (χ1v) is 5.14. The minimum Gasteiger partial charge on any atom is -0.478 e. The average Bonchev–Trinajstić information content (AvgIpc) is 2.28. The van der Waals surface area contributed by atoms with Gasteiger partial charge in [-0.3, -0.25) is 0 Å². The number of aliphatic carboxylic acids is 1. The zero-order chi connectivity index (χ0) is 11.5. The van der Waals surface area contributed by atoms with E-state index < -0.39 is 5.97 Å². The van der Waals surface area contributed by atoms with Crippen LogP contribution in [0, 0.1) is 0 Å². The van der Waals surface area contributed by atoms with Gasteiger partial charge in [-0.25, -0.2) is 4.79 Å². The lowest BCUT2D eigenvalue weighted by Crippen LogP contribution is -1.86. The zero-order valence-corrected chi connectivity index (χ0v) is 9.11. The third kappa shape index (κ3) is 2.07. The molecule has 0 saturated carbocycles. The summed E-state index contributed by atoms with van der Waals surface area (Å²) in [6.45, 7) is 0. The van der Waals surface area contributed by atoms with E-state index in [4.69, 9.17) is 16.7 Å². The van der Waals surface area contributed by atoms with Crippen LogP contribution in [0.2, 0.25) is 5.02 Å². The Morgan fingerprint density at radius 1 is 1.12 bits per heavy atom. The molecule has 0 aliphatic heterocycles. The van der Waals surface area contributed by atoms with E-state index in [9.17, 15) is 4.79 Å². The third-order valence-corrected chi connectivity index (χ3v) is 2.64. The van der Waals surface area contributed by atoms with Gasteiger partial charge in [0.1, 0.15) is 0 Å². The number of carbonyl (C=O) groups is 1. The van der Waals surface area contributed by atoms with E-state index in [0.29, 0.717) is 5.02 Å². The van der Waals surface area contributed by atoms with Crippen molar-refractivity contribution in [3.05, 3.63) is 53.1 Å². The van der Waals surface area contributed by atoms with E-state index in [1.807, 2.05) is 30.3 Å². The van der Waals surface area contributed by atoms with Crippen molar-refractivity contribution in [1.82, 2.24) is 0 Å². The van der Waals surface area contributed by atoms with Crippen molar-refractivity contribution in [2.24, 2.45) is 0 Å². The highest BCUT2D eigenvalue weighted by atomic mass is 35.5. The van der Waals surface area contributed by atoms with Crippen LogP contribution in [0.1, 0.15) is 5.56 Å². The summed E-state index contributed by atoms with van der Waals surface area (Å²) in [5.41, 5.74) is 0.849. The van der Waals surface area contributed by atoms with Crippen LogP contribution in [0.25, 0.3) is 16.8 Å². The minimum atomic E-state index is -0.959. The molecule has 0 aromatic heterocycles. The highest BCUT2D eigenvalue weighted by Crippen LogP contribution is 2.26. The van der Waals surface area contributed by atoms with Crippen molar-refractivity contribution in [3.63, 3.8) is 0 Å². The molecule has 0 radical (unpaired) electrons. The summed E-state index contributed by atoms with van der Waals surface area (Å²) in [7, 11) is 0. The fourth-order valence-corrected chi connectivity index (χ4v) is 1.82. The van der Waals surface area contributed by atoms with Gasteiger partial charge >= 0.3 is 5.97 Å². The first kappa shape index (κ1) is 10.7. The molecule has 0 saturated heterocycles. The molecule has 2 nitrogen and oxygen atoms in total. The lowest BCUT2D eigenvalue weighted by molar-refractivity contribution is -0.131. The zero-order valence-electron chi connectivity index (χ0n) is 8.35. The lowest BCUT2D eigenvalue weighted by atomic mass is 10.0. The number of hydrogen-bond acceptors (Lipinski definition) is 1. The molecule has 0 amide bonds. The number of rotatable bonds is 2. The van der Waals surface area contributed by atoms with E-state index in [0.717, 1.165) is 22.4 Å². The second-order valence-electron chi connectivity index (χ2n) is 3.35. The minimum absolute atomic E-state index is 0.670. The summed E-state index contributed by atoms with van der Waals surface area (Å²) in [5, 5.41) is 11.1. The van der Waals surface area contributed by atoms with Crippen LogP contribution in [0.4, 0.5) is 0 Å². The predicted octanol–water partition coefficient (Wildman–Crippen LogP) is 3.59. The van der Waals surface area contributed by atoms with Crippen molar-refractivity contribution in [1.29, 1.82) is 0 Å². The summed E-state index contributed by atoms with van der Waals surface area (Å²) in [6, 6.07) is 11.2. The maximum atomic E-state index is 10.5. The molecule has 0 fully saturated rings. The highest BCUT2D eigenvalue weighted by molar-refractivity contribution is 6.35.